The summed E-state index contributed by atoms with van der Waals surface area (Å²) < 4.78 is 5.07. The third-order valence-electron chi connectivity index (χ3n) is 3.24. The number of hydrogen-bond acceptors (Lipinski definition) is 3. The molecule has 0 saturated heterocycles. The first kappa shape index (κ1) is 15.5. The number of carbonyl (C=O) groups is 1. The van der Waals surface area contributed by atoms with Crippen molar-refractivity contribution in [2.45, 2.75) is 27.2 Å². The van der Waals surface area contributed by atoms with Gasteiger partial charge in [0.15, 0.2) is 0 Å². The van der Waals surface area contributed by atoms with Crippen molar-refractivity contribution in [2.24, 2.45) is 5.41 Å². The zero-order valence-corrected chi connectivity index (χ0v) is 12.2. The van der Waals surface area contributed by atoms with Gasteiger partial charge < -0.3 is 15.8 Å². The third kappa shape index (κ3) is 4.56. The minimum atomic E-state index is -0.110. The number of nitrogens with one attached hydrogen (secondary N) is 1. The van der Waals surface area contributed by atoms with Crippen LogP contribution in [0.2, 0.25) is 0 Å². The van der Waals surface area contributed by atoms with Crippen LogP contribution >= 0.6 is 0 Å². The van der Waals surface area contributed by atoms with Crippen molar-refractivity contribution in [3.8, 4) is 0 Å². The van der Waals surface area contributed by atoms with E-state index in [0.717, 1.165) is 12.0 Å². The van der Waals surface area contributed by atoms with Crippen LogP contribution in [0.3, 0.4) is 0 Å². The highest BCUT2D eigenvalue weighted by atomic mass is 16.5. The summed E-state index contributed by atoms with van der Waals surface area (Å²) in [6.45, 7) is 7.39. The van der Waals surface area contributed by atoms with E-state index in [2.05, 4.69) is 19.2 Å². The zero-order chi connectivity index (χ0) is 14.5. The Hall–Kier alpha value is -1.55. The van der Waals surface area contributed by atoms with Crippen molar-refractivity contribution in [3.63, 3.8) is 0 Å². The van der Waals surface area contributed by atoms with Crippen LogP contribution in [-0.4, -0.2) is 26.2 Å². The number of amides is 1. The normalized spacial score (nSPS) is 11.4. The lowest BCUT2D eigenvalue weighted by atomic mass is 9.89. The molecule has 0 unspecified atom stereocenters. The van der Waals surface area contributed by atoms with Gasteiger partial charge in [0.2, 0.25) is 0 Å². The lowest BCUT2D eigenvalue weighted by Gasteiger charge is -2.25. The standard InChI is InChI=1S/C15H24N2O2/c1-11-6-5-7-12(16)13(11)14(18)17-10-15(2,3)8-9-19-4/h5-7H,8-10,16H2,1-4H3,(H,17,18). The van der Waals surface area contributed by atoms with Gasteiger partial charge in [0.25, 0.3) is 5.91 Å². The molecule has 0 heterocycles. The average molecular weight is 264 g/mol. The van der Waals surface area contributed by atoms with Crippen LogP contribution in [0, 0.1) is 12.3 Å². The van der Waals surface area contributed by atoms with Crippen molar-refractivity contribution in [1.29, 1.82) is 0 Å². The van der Waals surface area contributed by atoms with Crippen LogP contribution in [0.1, 0.15) is 36.2 Å². The summed E-state index contributed by atoms with van der Waals surface area (Å²) in [5, 5.41) is 2.96. The highest BCUT2D eigenvalue weighted by molar-refractivity contribution is 6.00. The molecule has 1 aromatic rings. The summed E-state index contributed by atoms with van der Waals surface area (Å²) in [4.78, 5) is 12.2. The lowest BCUT2D eigenvalue weighted by Crippen LogP contribution is -2.35. The minimum Gasteiger partial charge on any atom is -0.398 e. The van der Waals surface area contributed by atoms with Gasteiger partial charge in [-0.1, -0.05) is 26.0 Å². The van der Waals surface area contributed by atoms with Crippen LogP contribution in [0.4, 0.5) is 5.69 Å². The van der Waals surface area contributed by atoms with Crippen LogP contribution in [-0.2, 0) is 4.74 Å². The van der Waals surface area contributed by atoms with Gasteiger partial charge in [-0.05, 0) is 30.4 Å². The number of carbonyl (C=O) groups excluding carboxylic acids is 1. The summed E-state index contributed by atoms with van der Waals surface area (Å²) in [6.07, 6.45) is 0.896. The fourth-order valence-corrected chi connectivity index (χ4v) is 1.88. The summed E-state index contributed by atoms with van der Waals surface area (Å²) in [5.74, 6) is -0.110. The van der Waals surface area contributed by atoms with Gasteiger partial charge in [-0.3, -0.25) is 4.79 Å². The molecular formula is C15H24N2O2. The molecule has 0 aliphatic heterocycles. The van der Waals surface area contributed by atoms with Gasteiger partial charge in [-0.2, -0.15) is 0 Å². The number of hydrogen-bond donors (Lipinski definition) is 2. The van der Waals surface area contributed by atoms with E-state index in [9.17, 15) is 4.79 Å². The Morgan fingerprint density at radius 3 is 2.68 bits per heavy atom. The number of anilines is 1. The second kappa shape index (κ2) is 6.57. The molecule has 0 bridgehead atoms. The number of aryl methyl sites for hydroxylation is 1. The number of ether oxygens (including phenoxy) is 1. The fraction of sp³-hybridized carbons (Fsp3) is 0.533. The lowest BCUT2D eigenvalue weighted by molar-refractivity contribution is 0.0921. The predicted molar refractivity (Wildman–Crippen MR) is 78.2 cm³/mol. The molecule has 0 saturated carbocycles. The van der Waals surface area contributed by atoms with E-state index in [0.29, 0.717) is 24.4 Å². The predicted octanol–water partition coefficient (Wildman–Crippen LogP) is 2.37. The molecule has 0 atom stereocenters. The van der Waals surface area contributed by atoms with Crippen LogP contribution in [0.25, 0.3) is 0 Å². The second-order valence-electron chi connectivity index (χ2n) is 5.63. The van der Waals surface area contributed by atoms with Crippen molar-refractivity contribution >= 4 is 11.6 Å². The number of benzene rings is 1. The van der Waals surface area contributed by atoms with E-state index in [-0.39, 0.29) is 11.3 Å². The Bertz CT molecular complexity index is 422. The summed E-state index contributed by atoms with van der Waals surface area (Å²) in [6, 6.07) is 5.49. The van der Waals surface area contributed by atoms with Crippen LogP contribution in [0.15, 0.2) is 18.2 Å². The quantitative estimate of drug-likeness (QED) is 0.775. The van der Waals surface area contributed by atoms with Gasteiger partial charge in [0.1, 0.15) is 0 Å². The molecule has 1 rings (SSSR count). The first-order chi connectivity index (χ1) is 8.87. The van der Waals surface area contributed by atoms with Crippen molar-refractivity contribution < 1.29 is 9.53 Å². The van der Waals surface area contributed by atoms with Gasteiger partial charge >= 0.3 is 0 Å². The molecule has 1 amide bonds. The molecule has 19 heavy (non-hydrogen) atoms. The number of nitrogen functional groups attached to an aromatic ring is 1. The molecule has 1 aromatic carbocycles. The monoisotopic (exact) mass is 264 g/mol. The van der Waals surface area contributed by atoms with Gasteiger partial charge in [-0.15, -0.1) is 0 Å². The minimum absolute atomic E-state index is 0.00309. The average Bonchev–Trinajstić information content (AvgIpc) is 2.34. The van der Waals surface area contributed by atoms with Crippen molar-refractivity contribution in [3.05, 3.63) is 29.3 Å². The van der Waals surface area contributed by atoms with E-state index in [4.69, 9.17) is 10.5 Å². The Kier molecular flexibility index (Phi) is 5.36. The Morgan fingerprint density at radius 2 is 2.11 bits per heavy atom. The number of rotatable bonds is 6. The summed E-state index contributed by atoms with van der Waals surface area (Å²) in [5.41, 5.74) is 7.85. The second-order valence-corrected chi connectivity index (χ2v) is 5.63. The van der Waals surface area contributed by atoms with Gasteiger partial charge in [0.05, 0.1) is 5.56 Å². The van der Waals surface area contributed by atoms with Crippen molar-refractivity contribution in [2.75, 3.05) is 26.0 Å². The van der Waals surface area contributed by atoms with E-state index in [1.165, 1.54) is 0 Å². The molecule has 4 heteroatoms. The topological polar surface area (TPSA) is 64.3 Å². The van der Waals surface area contributed by atoms with Gasteiger partial charge in [-0.25, -0.2) is 0 Å². The van der Waals surface area contributed by atoms with E-state index in [1.54, 1.807) is 13.2 Å². The molecular weight excluding hydrogens is 240 g/mol. The maximum atomic E-state index is 12.2. The highest BCUT2D eigenvalue weighted by Gasteiger charge is 2.20. The first-order valence-electron chi connectivity index (χ1n) is 6.49. The molecule has 106 valence electrons. The molecule has 0 aromatic heterocycles. The van der Waals surface area contributed by atoms with E-state index >= 15 is 0 Å². The Labute approximate surface area is 115 Å². The fourth-order valence-electron chi connectivity index (χ4n) is 1.88. The van der Waals surface area contributed by atoms with Crippen LogP contribution < -0.4 is 11.1 Å². The van der Waals surface area contributed by atoms with Crippen molar-refractivity contribution in [1.82, 2.24) is 5.32 Å². The summed E-state index contributed by atoms with van der Waals surface area (Å²) in [7, 11) is 1.68. The van der Waals surface area contributed by atoms with E-state index < -0.39 is 0 Å². The molecule has 3 N–H and O–H groups in total. The number of nitrogens with two attached hydrogens (primary N) is 1. The smallest absolute Gasteiger partial charge is 0.253 e. The molecule has 0 aliphatic carbocycles. The molecule has 0 spiro atoms. The molecule has 0 aliphatic rings. The number of methoxy groups -OCH3 is 1. The third-order valence-corrected chi connectivity index (χ3v) is 3.24. The highest BCUT2D eigenvalue weighted by Crippen LogP contribution is 2.20. The first-order valence-corrected chi connectivity index (χ1v) is 6.49. The Balaban J connectivity index is 2.66. The maximum Gasteiger partial charge on any atom is 0.253 e. The SMILES string of the molecule is COCCC(C)(C)CNC(=O)c1c(C)cccc1N. The largest absolute Gasteiger partial charge is 0.398 e. The Morgan fingerprint density at radius 1 is 1.42 bits per heavy atom. The van der Waals surface area contributed by atoms with E-state index in [1.807, 2.05) is 19.1 Å². The van der Waals surface area contributed by atoms with Crippen LogP contribution in [0.5, 0.6) is 0 Å². The van der Waals surface area contributed by atoms with Gasteiger partial charge in [0, 0.05) is 25.9 Å². The molecule has 0 fully saturated rings. The molecule has 0 radical (unpaired) electrons. The summed E-state index contributed by atoms with van der Waals surface area (Å²) >= 11 is 0. The molecule has 4 nitrogen and oxygen atoms in total. The zero-order valence-electron chi connectivity index (χ0n) is 12.2. The maximum absolute atomic E-state index is 12.2.